The van der Waals surface area contributed by atoms with Gasteiger partial charge in [0.15, 0.2) is 0 Å². The number of hydrogen-bond donors (Lipinski definition) is 0. The van der Waals surface area contributed by atoms with Crippen molar-refractivity contribution in [2.45, 2.75) is 0 Å². The quantitative estimate of drug-likeness (QED) is 0.778. The van der Waals surface area contributed by atoms with Crippen LogP contribution >= 0.6 is 0 Å². The second kappa shape index (κ2) is 6.29. The van der Waals surface area contributed by atoms with Gasteiger partial charge in [-0.15, -0.1) is 0 Å². The van der Waals surface area contributed by atoms with Gasteiger partial charge >= 0.3 is 0 Å². The lowest BCUT2D eigenvalue weighted by atomic mass is 10.1. The minimum atomic E-state index is 1.09. The van der Waals surface area contributed by atoms with Crippen LogP contribution in [0.4, 0.5) is 11.4 Å². The monoisotopic (exact) mass is 265 g/mol. The number of rotatable bonds is 4. The highest BCUT2D eigenvalue weighted by molar-refractivity contribution is 5.57. The van der Waals surface area contributed by atoms with Gasteiger partial charge in [0.25, 0.3) is 0 Å². The zero-order valence-corrected chi connectivity index (χ0v) is 12.6. The Morgan fingerprint density at radius 2 is 1.15 bits per heavy atom. The van der Waals surface area contributed by atoms with Crippen molar-refractivity contribution in [3.8, 4) is 0 Å². The Morgan fingerprint density at radius 3 is 1.60 bits per heavy atom. The molecule has 0 aliphatic rings. The third-order valence-corrected chi connectivity index (χ3v) is 3.20. The van der Waals surface area contributed by atoms with Crippen LogP contribution in [0.2, 0.25) is 0 Å². The second-order valence-corrected chi connectivity index (χ2v) is 5.22. The largest absolute Gasteiger partial charge is 0.378 e. The summed E-state index contributed by atoms with van der Waals surface area (Å²) in [5.74, 6) is 0. The van der Waals surface area contributed by atoms with Gasteiger partial charge in [0.05, 0.1) is 0 Å². The molecule has 1 radical (unpaired) electrons. The van der Waals surface area contributed by atoms with E-state index in [9.17, 15) is 0 Å². The van der Waals surface area contributed by atoms with Gasteiger partial charge in [0, 0.05) is 39.6 Å². The molecule has 0 amide bonds. The molecule has 0 aliphatic carbocycles. The van der Waals surface area contributed by atoms with Crippen LogP contribution in [0.25, 0.3) is 6.08 Å². The molecule has 0 aromatic heterocycles. The standard InChI is InChI=1S/C18H21N2/c1-19(2)17-11-7-15(8-12-17)5-6-16-9-13-18(14-10-16)20(3)4/h5,7-14H,1-4H3. The number of anilines is 2. The zero-order valence-electron chi connectivity index (χ0n) is 12.6. The van der Waals surface area contributed by atoms with Crippen molar-refractivity contribution in [1.29, 1.82) is 0 Å². The molecule has 0 saturated carbocycles. The van der Waals surface area contributed by atoms with Crippen molar-refractivity contribution < 1.29 is 0 Å². The molecule has 0 atom stereocenters. The van der Waals surface area contributed by atoms with Crippen molar-refractivity contribution in [3.05, 3.63) is 65.7 Å². The Kier molecular flexibility index (Phi) is 4.46. The maximum absolute atomic E-state index is 3.32. The molecule has 103 valence electrons. The fourth-order valence-electron chi connectivity index (χ4n) is 1.89. The van der Waals surface area contributed by atoms with Gasteiger partial charge in [-0.25, -0.2) is 0 Å². The average molecular weight is 265 g/mol. The van der Waals surface area contributed by atoms with Gasteiger partial charge in [-0.2, -0.15) is 0 Å². The minimum absolute atomic E-state index is 1.09. The molecule has 2 nitrogen and oxygen atoms in total. The van der Waals surface area contributed by atoms with Gasteiger partial charge in [0.1, 0.15) is 0 Å². The first-order chi connectivity index (χ1) is 9.56. The SMILES string of the molecule is CN(C)c1ccc([C]=Cc2ccc(N(C)C)cc2)cc1. The molecule has 20 heavy (non-hydrogen) atoms. The van der Waals surface area contributed by atoms with Gasteiger partial charge in [0.2, 0.25) is 0 Å². The number of benzene rings is 2. The Morgan fingerprint density at radius 1 is 0.700 bits per heavy atom. The summed E-state index contributed by atoms with van der Waals surface area (Å²) in [5.41, 5.74) is 4.66. The Balaban J connectivity index is 2.08. The van der Waals surface area contributed by atoms with E-state index in [0.717, 1.165) is 11.1 Å². The molecule has 0 spiro atoms. The Hall–Kier alpha value is -2.22. The molecule has 0 saturated heterocycles. The molecular formula is C18H21N2. The van der Waals surface area contributed by atoms with E-state index in [-0.39, 0.29) is 0 Å². The topological polar surface area (TPSA) is 6.48 Å². The minimum Gasteiger partial charge on any atom is -0.378 e. The summed E-state index contributed by atoms with van der Waals surface area (Å²) in [6, 6.07) is 16.8. The van der Waals surface area contributed by atoms with Crippen LogP contribution in [0.3, 0.4) is 0 Å². The predicted octanol–water partition coefficient (Wildman–Crippen LogP) is 3.68. The van der Waals surface area contributed by atoms with Crippen LogP contribution in [0.1, 0.15) is 11.1 Å². The van der Waals surface area contributed by atoms with Gasteiger partial charge < -0.3 is 9.80 Å². The summed E-state index contributed by atoms with van der Waals surface area (Å²) in [6.07, 6.45) is 5.34. The summed E-state index contributed by atoms with van der Waals surface area (Å²) in [7, 11) is 8.17. The van der Waals surface area contributed by atoms with Crippen LogP contribution in [-0.4, -0.2) is 28.2 Å². The number of hydrogen-bond acceptors (Lipinski definition) is 2. The highest BCUT2D eigenvalue weighted by atomic mass is 15.1. The molecule has 0 fully saturated rings. The van der Waals surface area contributed by atoms with Crippen LogP contribution in [0, 0.1) is 6.08 Å². The fraction of sp³-hybridized carbons (Fsp3) is 0.222. The molecule has 2 aromatic carbocycles. The Bertz CT molecular complexity index is 510. The maximum atomic E-state index is 3.32. The average Bonchev–Trinajstić information content (AvgIpc) is 2.46. The van der Waals surface area contributed by atoms with Gasteiger partial charge in [-0.3, -0.25) is 0 Å². The normalized spacial score (nSPS) is 10.8. The third-order valence-electron chi connectivity index (χ3n) is 3.20. The molecule has 0 bridgehead atoms. The molecule has 0 unspecified atom stereocenters. The summed E-state index contributed by atoms with van der Waals surface area (Å²) < 4.78 is 0. The Labute approximate surface area is 122 Å². The molecular weight excluding hydrogens is 244 g/mol. The zero-order chi connectivity index (χ0) is 14.5. The second-order valence-electron chi connectivity index (χ2n) is 5.22. The predicted molar refractivity (Wildman–Crippen MR) is 88.3 cm³/mol. The van der Waals surface area contributed by atoms with Crippen molar-refractivity contribution >= 4 is 17.5 Å². The molecule has 0 N–H and O–H groups in total. The van der Waals surface area contributed by atoms with E-state index in [2.05, 4.69) is 64.4 Å². The lowest BCUT2D eigenvalue weighted by molar-refractivity contribution is 1.13. The van der Waals surface area contributed by atoms with Crippen LogP contribution < -0.4 is 9.80 Å². The van der Waals surface area contributed by atoms with Crippen molar-refractivity contribution in [3.63, 3.8) is 0 Å². The van der Waals surface area contributed by atoms with Crippen LogP contribution in [0.5, 0.6) is 0 Å². The third kappa shape index (κ3) is 3.64. The van der Waals surface area contributed by atoms with Crippen LogP contribution in [-0.2, 0) is 0 Å². The van der Waals surface area contributed by atoms with E-state index < -0.39 is 0 Å². The molecule has 2 aromatic rings. The fourth-order valence-corrected chi connectivity index (χ4v) is 1.89. The van der Waals surface area contributed by atoms with E-state index in [4.69, 9.17) is 0 Å². The first-order valence-corrected chi connectivity index (χ1v) is 6.71. The maximum Gasteiger partial charge on any atom is 0.0361 e. The smallest absolute Gasteiger partial charge is 0.0361 e. The van der Waals surface area contributed by atoms with E-state index >= 15 is 0 Å². The lowest BCUT2D eigenvalue weighted by Gasteiger charge is -2.12. The summed E-state index contributed by atoms with van der Waals surface area (Å²) in [4.78, 5) is 4.19. The van der Waals surface area contributed by atoms with E-state index in [1.54, 1.807) is 0 Å². The highest BCUT2D eigenvalue weighted by Crippen LogP contribution is 2.15. The lowest BCUT2D eigenvalue weighted by Crippen LogP contribution is -2.08. The highest BCUT2D eigenvalue weighted by Gasteiger charge is 1.95. The van der Waals surface area contributed by atoms with Crippen LogP contribution in [0.15, 0.2) is 48.5 Å². The first kappa shape index (κ1) is 14.2. The first-order valence-electron chi connectivity index (χ1n) is 6.71. The van der Waals surface area contributed by atoms with E-state index in [1.807, 2.05) is 34.3 Å². The van der Waals surface area contributed by atoms with Gasteiger partial charge in [-0.05, 0) is 47.5 Å². The molecule has 0 heterocycles. The van der Waals surface area contributed by atoms with Crippen molar-refractivity contribution in [1.82, 2.24) is 0 Å². The molecule has 2 heteroatoms. The van der Waals surface area contributed by atoms with E-state index in [0.29, 0.717) is 0 Å². The molecule has 0 aliphatic heterocycles. The van der Waals surface area contributed by atoms with Crippen molar-refractivity contribution in [2.24, 2.45) is 0 Å². The summed E-state index contributed by atoms with van der Waals surface area (Å²) >= 11 is 0. The van der Waals surface area contributed by atoms with Gasteiger partial charge in [-0.1, -0.05) is 24.3 Å². The van der Waals surface area contributed by atoms with Crippen molar-refractivity contribution in [2.75, 3.05) is 38.0 Å². The number of nitrogens with zero attached hydrogens (tertiary/aromatic N) is 2. The van der Waals surface area contributed by atoms with E-state index in [1.165, 1.54) is 11.4 Å². The molecule has 2 rings (SSSR count). The summed E-state index contributed by atoms with van der Waals surface area (Å²) in [5, 5.41) is 0. The summed E-state index contributed by atoms with van der Waals surface area (Å²) in [6.45, 7) is 0.